The third-order valence-corrected chi connectivity index (χ3v) is 11.6. The molecule has 388 valence electrons. The first-order valence-corrected chi connectivity index (χ1v) is 23.6. The summed E-state index contributed by atoms with van der Waals surface area (Å²) >= 11 is 0. The summed E-state index contributed by atoms with van der Waals surface area (Å²) < 4.78 is 25.8. The van der Waals surface area contributed by atoms with E-state index in [-0.39, 0.29) is 66.8 Å². The summed E-state index contributed by atoms with van der Waals surface area (Å²) in [6.07, 6.45) is 3.31. The van der Waals surface area contributed by atoms with Crippen LogP contribution in [-0.2, 0) is 61.3 Å². The van der Waals surface area contributed by atoms with Gasteiger partial charge in [0.05, 0.1) is 6.57 Å². The van der Waals surface area contributed by atoms with E-state index in [9.17, 15) is 8.78 Å². The zero-order valence-corrected chi connectivity index (χ0v) is 49.3. The Morgan fingerprint density at radius 2 is 1.09 bits per heavy atom. The average Bonchev–Trinajstić information content (AvgIpc) is 3.46. The molecule has 2 heterocycles. The second-order valence-corrected chi connectivity index (χ2v) is 16.6. The number of nitrogens with zero attached hydrogens (tertiary/aromatic N) is 7. The molecule has 0 aliphatic rings. The first-order chi connectivity index (χ1) is 36.2. The van der Waals surface area contributed by atoms with Crippen LogP contribution in [0.15, 0.2) is 235 Å². The number of halogens is 2. The van der Waals surface area contributed by atoms with Crippen LogP contribution in [0.1, 0.15) is 22.3 Å². The van der Waals surface area contributed by atoms with E-state index in [1.165, 1.54) is 5.56 Å². The first-order valence-electron chi connectivity index (χ1n) is 23.6. The molecule has 8 aromatic carbocycles. The van der Waals surface area contributed by atoms with Gasteiger partial charge in [0.2, 0.25) is 0 Å². The van der Waals surface area contributed by atoms with Crippen molar-refractivity contribution in [1.29, 1.82) is 0 Å². The maximum absolute atomic E-state index is 13.2. The van der Waals surface area contributed by atoms with Crippen molar-refractivity contribution in [3.63, 3.8) is 0 Å². The Hall–Kier alpha value is -7.66. The largest absolute Gasteiger partial charge is 2.00 e. The van der Waals surface area contributed by atoms with Crippen LogP contribution in [-0.4, -0.2) is 49.6 Å². The van der Waals surface area contributed by atoms with Gasteiger partial charge in [-0.3, -0.25) is 13.6 Å². The van der Waals surface area contributed by atoms with Crippen LogP contribution in [0.4, 0.5) is 37.2 Å². The van der Waals surface area contributed by atoms with E-state index in [0.29, 0.717) is 11.4 Å². The Morgan fingerprint density at radius 3 is 1.61 bits per heavy atom. The second kappa shape index (κ2) is 30.2. The van der Waals surface area contributed by atoms with Crippen LogP contribution in [0.5, 0.6) is 0 Å². The van der Waals surface area contributed by atoms with E-state index in [1.54, 1.807) is 48.8 Å². The van der Waals surface area contributed by atoms with Gasteiger partial charge in [-0.1, -0.05) is 133 Å². The number of anilines is 4. The van der Waals surface area contributed by atoms with Crippen molar-refractivity contribution in [1.82, 2.24) is 9.97 Å². The molecule has 7 nitrogen and oxygen atoms in total. The van der Waals surface area contributed by atoms with Crippen molar-refractivity contribution in [2.24, 2.45) is 9.98 Å². The Balaban J connectivity index is 0.000000263. The second-order valence-electron chi connectivity index (χ2n) is 16.6. The molecular weight excluding hydrogens is 1500 g/mol. The monoisotopic (exact) mass is 1550 g/mol. The van der Waals surface area contributed by atoms with Crippen LogP contribution in [0.25, 0.3) is 38.5 Å². The summed E-state index contributed by atoms with van der Waals surface area (Å²) in [5.41, 5.74) is 14.9. The van der Waals surface area contributed by atoms with Crippen molar-refractivity contribution < 1.29 is 70.1 Å². The zero-order chi connectivity index (χ0) is 51.7. The van der Waals surface area contributed by atoms with E-state index in [4.69, 9.17) is 6.57 Å². The molecule has 10 aromatic rings. The molecule has 0 amide bonds. The maximum Gasteiger partial charge on any atom is 2.00 e. The van der Waals surface area contributed by atoms with Crippen molar-refractivity contribution in [3.8, 4) is 33.6 Å². The van der Waals surface area contributed by atoms with Gasteiger partial charge in [0.25, 0.3) is 0 Å². The van der Waals surface area contributed by atoms with Crippen molar-refractivity contribution in [2.75, 3.05) is 38.0 Å². The molecule has 0 atom stereocenters. The molecule has 0 unspecified atom stereocenters. The van der Waals surface area contributed by atoms with E-state index in [2.05, 4.69) is 163 Å². The van der Waals surface area contributed by atoms with Gasteiger partial charge in [0, 0.05) is 104 Å². The smallest absolute Gasteiger partial charge is 0.378 e. The van der Waals surface area contributed by atoms with Crippen LogP contribution in [0.2, 0.25) is 0 Å². The molecule has 0 spiro atoms. The fourth-order valence-corrected chi connectivity index (χ4v) is 7.96. The summed E-state index contributed by atoms with van der Waals surface area (Å²) in [4.78, 5) is 25.2. The molecule has 77 heavy (non-hydrogen) atoms. The van der Waals surface area contributed by atoms with Gasteiger partial charge in [0.1, 0.15) is 5.69 Å². The molecule has 0 bridgehead atoms. The molecular formula is C65H49F2Ir2N7Pt-2. The molecule has 0 fully saturated rings. The Labute approximate surface area is 492 Å². The van der Waals surface area contributed by atoms with Crippen LogP contribution in [0, 0.1) is 42.5 Å². The number of rotatable bonds is 11. The van der Waals surface area contributed by atoms with Gasteiger partial charge in [-0.25, -0.2) is 0 Å². The minimum absolute atomic E-state index is 0. The fourth-order valence-electron chi connectivity index (χ4n) is 7.96. The molecule has 2 aromatic heterocycles. The molecule has 10 rings (SSSR count). The van der Waals surface area contributed by atoms with Gasteiger partial charge < -0.3 is 29.8 Å². The van der Waals surface area contributed by atoms with E-state index < -0.39 is 11.6 Å². The third kappa shape index (κ3) is 15.9. The Kier molecular flexibility index (Phi) is 23.6. The number of pyridine rings is 2. The van der Waals surface area contributed by atoms with E-state index in [0.717, 1.165) is 85.4 Å². The predicted octanol–water partition coefficient (Wildman–Crippen LogP) is 15.3. The zero-order valence-electron chi connectivity index (χ0n) is 42.2. The molecule has 0 saturated heterocycles. The number of hydrogen-bond donors (Lipinski definition) is 0. The minimum atomic E-state index is -0.649. The summed E-state index contributed by atoms with van der Waals surface area (Å²) in [5, 5.41) is 0. The molecule has 0 aliphatic heterocycles. The quantitative estimate of drug-likeness (QED) is 0.0956. The van der Waals surface area contributed by atoms with Crippen molar-refractivity contribution in [2.45, 2.75) is 0 Å². The van der Waals surface area contributed by atoms with Gasteiger partial charge in [-0.2, -0.15) is 6.07 Å². The number of aliphatic imine (C=N–C) groups is 2. The van der Waals surface area contributed by atoms with Gasteiger partial charge in [-0.05, 0) is 80.7 Å². The van der Waals surface area contributed by atoms with Gasteiger partial charge in [0.15, 0.2) is 0 Å². The van der Waals surface area contributed by atoms with Crippen LogP contribution >= 0.6 is 0 Å². The van der Waals surface area contributed by atoms with Crippen LogP contribution < -0.4 is 9.80 Å². The summed E-state index contributed by atoms with van der Waals surface area (Å²) in [6, 6.07) is 81.2. The minimum Gasteiger partial charge on any atom is -0.378 e. The van der Waals surface area contributed by atoms with Crippen molar-refractivity contribution in [3.05, 3.63) is 294 Å². The molecule has 2 radical (unpaired) electrons. The molecule has 0 N–H and O–H groups in total. The van der Waals surface area contributed by atoms with E-state index in [1.807, 2.05) is 87.7 Å². The Morgan fingerprint density at radius 1 is 0.545 bits per heavy atom. The summed E-state index contributed by atoms with van der Waals surface area (Å²) in [6.45, 7) is 7.00. The van der Waals surface area contributed by atoms with E-state index >= 15 is 0 Å². The number of hydrogen-bond acceptors (Lipinski definition) is 6. The summed E-state index contributed by atoms with van der Waals surface area (Å²) in [5.74, 6) is -1.29. The summed E-state index contributed by atoms with van der Waals surface area (Å²) in [7, 11) is 7.63. The predicted molar refractivity (Wildman–Crippen MR) is 298 cm³/mol. The normalized spacial score (nSPS) is 10.6. The van der Waals surface area contributed by atoms with Crippen LogP contribution in [0.3, 0.4) is 0 Å². The Bertz CT molecular complexity index is 3440. The fraction of sp³-hybridized carbons (Fsp3) is 0.0615. The maximum atomic E-state index is 13.2. The topological polar surface area (TPSA) is 61.3 Å². The number of benzene rings is 8. The SMILES string of the molecule is CN=C(c1[c-]c(N(c2[c-]c(C(=NC)c3ccccc3)ccc2)c2ccc(-c3ccccc3)cc2)ccc1)c1ccccc1.Fc1c[c-]c(-c2ccccn2)c(F)c1.[C-]#[N+]c1cc[c-]c(-c2cc(N(C)C)ccn2)c1.[Ir].[Ir].[Pt+2]. The standard InChI is InChI=1S/C40H31N3.C14H12N3.C11H6F2N.2Ir.Pt/c1-41-39(32-16-8-4-9-17-32)34-20-12-22-37(28-34)43(36-26-24-31(25-27-36)30-14-6-3-7-15-30)38-23-13-21-35(29-38)40(42-2)33-18-10-5-11-19-33;1-15-12-6-4-5-11(9-12)14-10-13(17(2)3)7-8-16-14;12-8-4-5-9(10(13)7-8)11-3-1-2-6-14-11;;;/h3-27H,1-2H3;4,6-10H,2-3H3;1-4,6-7H;;;/q-2;2*-1;;;+2. The van der Waals surface area contributed by atoms with Crippen molar-refractivity contribution >= 4 is 39.9 Å². The molecule has 12 heteroatoms. The molecule has 0 saturated carbocycles. The first kappa shape index (κ1) is 60.2. The number of aromatic nitrogens is 2. The molecule has 0 aliphatic carbocycles. The van der Waals surface area contributed by atoms with Gasteiger partial charge >= 0.3 is 21.1 Å². The van der Waals surface area contributed by atoms with Gasteiger partial charge in [-0.15, -0.1) is 95.6 Å². The average molecular weight is 1550 g/mol. The third-order valence-electron chi connectivity index (χ3n) is 11.6.